The summed E-state index contributed by atoms with van der Waals surface area (Å²) in [7, 11) is -6.81. The normalized spacial score (nSPS) is 8.60. The molecule has 10 heteroatoms. The summed E-state index contributed by atoms with van der Waals surface area (Å²) in [5.74, 6) is 0. The maximum absolute atomic E-state index is 8.88. The average Bonchev–Trinajstić information content (AvgIpc) is 1.19. The van der Waals surface area contributed by atoms with Gasteiger partial charge in [-0.05, 0) is 0 Å². The van der Waals surface area contributed by atoms with Crippen LogP contribution < -0.4 is 0 Å². The fourth-order valence-corrected chi connectivity index (χ4v) is 0. The molecule has 0 amide bonds. The van der Waals surface area contributed by atoms with Crippen LogP contribution in [0.25, 0.3) is 0 Å². The minimum Gasteiger partial charge on any atom is -0.402 e. The van der Waals surface area contributed by atoms with Crippen LogP contribution in [0.3, 0.4) is 0 Å². The molecule has 0 spiro atoms. The fraction of sp³-hybridized carbons (Fsp3) is 0. The molecule has 0 aromatic carbocycles. The van der Waals surface area contributed by atoms with Gasteiger partial charge in [0.25, 0.3) is 0 Å². The third-order valence-electron chi connectivity index (χ3n) is 0. The molecule has 1 radical (unpaired) electrons. The molecular formula is H6BNaO7P. The molecule has 10 heavy (non-hydrogen) atoms. The predicted octanol–water partition coefficient (Wildman–Crippen LogP) is -3.36. The summed E-state index contributed by atoms with van der Waals surface area (Å²) in [6.45, 7) is 0. The number of phosphoric acid groups is 1. The molecule has 0 aliphatic rings. The van der Waals surface area contributed by atoms with Gasteiger partial charge in [-0.25, -0.2) is 4.57 Å². The maximum atomic E-state index is 8.88. The van der Waals surface area contributed by atoms with Crippen molar-refractivity contribution < 1.29 is 34.3 Å². The Morgan fingerprint density at radius 1 is 1.00 bits per heavy atom. The fourth-order valence-electron chi connectivity index (χ4n) is 0. The van der Waals surface area contributed by atoms with Gasteiger partial charge in [0.2, 0.25) is 0 Å². The average molecular weight is 183 g/mol. The summed E-state index contributed by atoms with van der Waals surface area (Å²) < 4.78 is 8.88. The zero-order valence-corrected chi connectivity index (χ0v) is 8.01. The second-order valence-corrected chi connectivity index (χ2v) is 1.89. The molecule has 0 fully saturated rings. The van der Waals surface area contributed by atoms with E-state index in [0.29, 0.717) is 0 Å². The van der Waals surface area contributed by atoms with E-state index in [1.165, 1.54) is 0 Å². The molecule has 0 atom stereocenters. The summed E-state index contributed by atoms with van der Waals surface area (Å²) in [5, 5.41) is 21.5. The van der Waals surface area contributed by atoms with E-state index in [-0.39, 0.29) is 29.6 Å². The van der Waals surface area contributed by atoms with Gasteiger partial charge in [0, 0.05) is 29.6 Å². The van der Waals surface area contributed by atoms with E-state index in [1.807, 2.05) is 0 Å². The molecule has 6 N–H and O–H groups in total. The molecule has 0 aromatic heterocycles. The Labute approximate surface area is 79.0 Å². The zero-order valence-electron chi connectivity index (χ0n) is 5.12. The zero-order chi connectivity index (χ0) is 8.08. The Hall–Kier alpha value is 1.05. The van der Waals surface area contributed by atoms with Gasteiger partial charge in [0.15, 0.2) is 0 Å². The largest absolute Gasteiger partial charge is 0.631 e. The van der Waals surface area contributed by atoms with Crippen molar-refractivity contribution in [3.05, 3.63) is 0 Å². The Bertz CT molecular complexity index is 84.8. The standard InChI is InChI=1S/BH3O3.Na.H3O4P/c2-1(3)4;;1-5(2,3)4/h2-4H;;(H3,1,2,3,4). The van der Waals surface area contributed by atoms with Crippen LogP contribution in [0.1, 0.15) is 0 Å². The van der Waals surface area contributed by atoms with Crippen molar-refractivity contribution in [1.82, 2.24) is 0 Å². The van der Waals surface area contributed by atoms with Crippen LogP contribution in [0.5, 0.6) is 0 Å². The van der Waals surface area contributed by atoms with Crippen molar-refractivity contribution in [2.75, 3.05) is 0 Å². The second kappa shape index (κ2) is 8.15. The third kappa shape index (κ3) is 528. The van der Waals surface area contributed by atoms with Gasteiger partial charge in [0.05, 0.1) is 0 Å². The van der Waals surface area contributed by atoms with Gasteiger partial charge in [-0.3, -0.25) is 0 Å². The van der Waals surface area contributed by atoms with Crippen molar-refractivity contribution in [3.63, 3.8) is 0 Å². The monoisotopic (exact) mass is 183 g/mol. The summed E-state index contributed by atoms with van der Waals surface area (Å²) in [5.41, 5.74) is 0. The van der Waals surface area contributed by atoms with Gasteiger partial charge in [-0.2, -0.15) is 0 Å². The van der Waals surface area contributed by atoms with Crippen LogP contribution in [0, 0.1) is 0 Å². The second-order valence-electron chi connectivity index (χ2n) is 0.860. The molecule has 0 unspecified atom stereocenters. The molecule has 0 heterocycles. The van der Waals surface area contributed by atoms with Gasteiger partial charge >= 0.3 is 15.1 Å². The minimum absolute atomic E-state index is 0. The molecule has 0 saturated heterocycles. The molecule has 0 bridgehead atoms. The Morgan fingerprint density at radius 3 is 1.00 bits per heavy atom. The Balaban J connectivity index is -0.0000000910. The van der Waals surface area contributed by atoms with Crippen LogP contribution in [0.15, 0.2) is 0 Å². The van der Waals surface area contributed by atoms with Gasteiger partial charge in [-0.1, -0.05) is 0 Å². The third-order valence-corrected chi connectivity index (χ3v) is 0. The summed E-state index contributed by atoms with van der Waals surface area (Å²) >= 11 is 0. The minimum atomic E-state index is -4.64. The van der Waals surface area contributed by atoms with Crippen LogP contribution >= 0.6 is 7.82 Å². The Kier molecular flexibility index (Phi) is 14.0. The van der Waals surface area contributed by atoms with Crippen molar-refractivity contribution in [1.29, 1.82) is 0 Å². The Morgan fingerprint density at radius 2 is 1.00 bits per heavy atom. The van der Waals surface area contributed by atoms with Crippen LogP contribution in [0.2, 0.25) is 0 Å². The number of hydrogen-bond acceptors (Lipinski definition) is 4. The SMILES string of the molecule is O=P(O)(O)O.OB(O)O.[Na]. The molecule has 7 nitrogen and oxygen atoms in total. The van der Waals surface area contributed by atoms with E-state index < -0.39 is 15.1 Å². The predicted molar refractivity (Wildman–Crippen MR) is 32.4 cm³/mol. The van der Waals surface area contributed by atoms with E-state index in [2.05, 4.69) is 0 Å². The van der Waals surface area contributed by atoms with Crippen molar-refractivity contribution >= 4 is 44.7 Å². The molecule has 0 rings (SSSR count). The number of rotatable bonds is 0. The molecular weight excluding hydrogens is 177 g/mol. The summed E-state index contributed by atoms with van der Waals surface area (Å²) in [6.07, 6.45) is 0. The van der Waals surface area contributed by atoms with Crippen LogP contribution in [0.4, 0.5) is 0 Å². The summed E-state index contributed by atoms with van der Waals surface area (Å²) in [6, 6.07) is 0. The molecule has 0 aromatic rings. The van der Waals surface area contributed by atoms with Gasteiger partial charge in [0.1, 0.15) is 0 Å². The smallest absolute Gasteiger partial charge is 0.402 e. The van der Waals surface area contributed by atoms with E-state index in [4.69, 9.17) is 34.3 Å². The quantitative estimate of drug-likeness (QED) is 0.170. The molecule has 0 aliphatic heterocycles. The van der Waals surface area contributed by atoms with Crippen molar-refractivity contribution in [2.45, 2.75) is 0 Å². The first kappa shape index (κ1) is 17.2. The van der Waals surface area contributed by atoms with Gasteiger partial charge < -0.3 is 29.8 Å². The molecule has 0 aliphatic carbocycles. The van der Waals surface area contributed by atoms with E-state index in [0.717, 1.165) is 0 Å². The molecule has 0 saturated carbocycles. The van der Waals surface area contributed by atoms with E-state index >= 15 is 0 Å². The van der Waals surface area contributed by atoms with E-state index in [9.17, 15) is 0 Å². The number of hydrogen-bond donors (Lipinski definition) is 6. The first-order valence-electron chi connectivity index (χ1n) is 1.56. The molecule has 57 valence electrons. The first-order chi connectivity index (χ1) is 3.73. The first-order valence-corrected chi connectivity index (χ1v) is 3.12. The summed E-state index contributed by atoms with van der Waals surface area (Å²) in [4.78, 5) is 21.6. The van der Waals surface area contributed by atoms with Crippen molar-refractivity contribution in [3.8, 4) is 0 Å². The van der Waals surface area contributed by atoms with Crippen LogP contribution in [-0.2, 0) is 4.57 Å². The maximum Gasteiger partial charge on any atom is 0.631 e. The van der Waals surface area contributed by atoms with E-state index in [1.54, 1.807) is 0 Å². The van der Waals surface area contributed by atoms with Crippen LogP contribution in [-0.4, -0.2) is 66.6 Å². The van der Waals surface area contributed by atoms with Gasteiger partial charge in [-0.15, -0.1) is 0 Å². The van der Waals surface area contributed by atoms with Crippen molar-refractivity contribution in [2.24, 2.45) is 0 Å². The topological polar surface area (TPSA) is 138 Å².